The predicted molar refractivity (Wildman–Crippen MR) is 87.8 cm³/mol. The van der Waals surface area contributed by atoms with E-state index >= 15 is 0 Å². The Hall–Kier alpha value is -1.84. The van der Waals surface area contributed by atoms with Gasteiger partial charge in [0, 0.05) is 38.3 Å². The Kier molecular flexibility index (Phi) is 4.93. The van der Waals surface area contributed by atoms with Crippen LogP contribution >= 0.6 is 0 Å². The molecular formula is C15H21N3O5S. The van der Waals surface area contributed by atoms with E-state index in [2.05, 4.69) is 10.2 Å². The Morgan fingerprint density at radius 1 is 1.17 bits per heavy atom. The third kappa shape index (κ3) is 3.80. The van der Waals surface area contributed by atoms with Gasteiger partial charge in [0.1, 0.15) is 0 Å². The molecule has 1 aromatic carbocycles. The van der Waals surface area contributed by atoms with Crippen molar-refractivity contribution in [1.82, 2.24) is 14.5 Å². The van der Waals surface area contributed by atoms with Gasteiger partial charge < -0.3 is 19.7 Å². The van der Waals surface area contributed by atoms with E-state index in [0.29, 0.717) is 30.2 Å². The fourth-order valence-corrected chi connectivity index (χ4v) is 3.97. The third-order valence-electron chi connectivity index (χ3n) is 4.14. The van der Waals surface area contributed by atoms with Crippen LogP contribution in [0.1, 0.15) is 10.4 Å². The number of amides is 1. The molecule has 1 fully saturated rings. The minimum atomic E-state index is -3.35. The summed E-state index contributed by atoms with van der Waals surface area (Å²) in [6.07, 6.45) is 0. The average molecular weight is 355 g/mol. The van der Waals surface area contributed by atoms with E-state index in [0.717, 1.165) is 13.1 Å². The molecule has 0 spiro atoms. The van der Waals surface area contributed by atoms with Crippen molar-refractivity contribution in [3.8, 4) is 11.5 Å². The van der Waals surface area contributed by atoms with E-state index in [1.54, 1.807) is 18.2 Å². The van der Waals surface area contributed by atoms with Gasteiger partial charge in [-0.05, 0) is 25.2 Å². The van der Waals surface area contributed by atoms with E-state index in [-0.39, 0.29) is 25.0 Å². The maximum absolute atomic E-state index is 12.3. The second-order valence-electron chi connectivity index (χ2n) is 5.84. The van der Waals surface area contributed by atoms with Gasteiger partial charge in [0.15, 0.2) is 11.5 Å². The van der Waals surface area contributed by atoms with E-state index < -0.39 is 10.0 Å². The predicted octanol–water partition coefficient (Wildman–Crippen LogP) is -0.278. The molecular weight excluding hydrogens is 334 g/mol. The Bertz CT molecular complexity index is 714. The summed E-state index contributed by atoms with van der Waals surface area (Å²) in [5.74, 6) is 0.686. The lowest BCUT2D eigenvalue weighted by Gasteiger charge is -2.31. The fourth-order valence-electron chi connectivity index (χ4n) is 2.63. The number of sulfonamides is 1. The zero-order valence-corrected chi connectivity index (χ0v) is 14.3. The quantitative estimate of drug-likeness (QED) is 0.782. The van der Waals surface area contributed by atoms with Gasteiger partial charge >= 0.3 is 0 Å². The summed E-state index contributed by atoms with van der Waals surface area (Å²) in [5, 5.41) is 2.64. The first-order valence-electron chi connectivity index (χ1n) is 7.80. The summed E-state index contributed by atoms with van der Waals surface area (Å²) in [7, 11) is -1.38. The molecule has 0 unspecified atom stereocenters. The highest BCUT2D eigenvalue weighted by Gasteiger charge is 2.25. The van der Waals surface area contributed by atoms with Crippen LogP contribution in [0.15, 0.2) is 18.2 Å². The molecule has 1 saturated heterocycles. The smallest absolute Gasteiger partial charge is 0.251 e. The molecule has 8 nitrogen and oxygen atoms in total. The van der Waals surface area contributed by atoms with Gasteiger partial charge in [-0.2, -0.15) is 4.31 Å². The van der Waals surface area contributed by atoms with Crippen molar-refractivity contribution in [2.45, 2.75) is 0 Å². The van der Waals surface area contributed by atoms with Gasteiger partial charge in [0.05, 0.1) is 5.75 Å². The van der Waals surface area contributed by atoms with Crippen LogP contribution < -0.4 is 14.8 Å². The molecule has 24 heavy (non-hydrogen) atoms. The standard InChI is InChI=1S/C15H21N3O5S/c1-17-5-7-18(8-6-17)24(20,21)9-4-16-15(19)12-2-3-13-14(10-12)23-11-22-13/h2-3,10H,4-9,11H2,1H3,(H,16,19). The largest absolute Gasteiger partial charge is 0.454 e. The number of carbonyl (C=O) groups is 1. The Morgan fingerprint density at radius 3 is 2.62 bits per heavy atom. The molecule has 0 aromatic heterocycles. The molecule has 2 aliphatic heterocycles. The van der Waals surface area contributed by atoms with Crippen molar-refractivity contribution in [2.75, 3.05) is 52.3 Å². The zero-order valence-electron chi connectivity index (χ0n) is 13.5. The molecule has 0 bridgehead atoms. The molecule has 3 rings (SSSR count). The Balaban J connectivity index is 1.51. The summed E-state index contributed by atoms with van der Waals surface area (Å²) in [6.45, 7) is 2.65. The minimum absolute atomic E-state index is 0.0714. The maximum Gasteiger partial charge on any atom is 0.251 e. The first-order valence-corrected chi connectivity index (χ1v) is 9.41. The number of ether oxygens (including phenoxy) is 2. The molecule has 0 aliphatic carbocycles. The van der Waals surface area contributed by atoms with E-state index in [1.165, 1.54) is 4.31 Å². The van der Waals surface area contributed by atoms with E-state index in [4.69, 9.17) is 9.47 Å². The molecule has 0 atom stereocenters. The zero-order chi connectivity index (χ0) is 17.2. The number of benzene rings is 1. The molecule has 9 heteroatoms. The van der Waals surface area contributed by atoms with Crippen LogP contribution in [0.2, 0.25) is 0 Å². The molecule has 1 amide bonds. The number of hydrogen-bond donors (Lipinski definition) is 1. The number of nitrogens with zero attached hydrogens (tertiary/aromatic N) is 2. The van der Waals surface area contributed by atoms with Gasteiger partial charge in [0.25, 0.3) is 5.91 Å². The molecule has 2 aliphatic rings. The van der Waals surface area contributed by atoms with E-state index in [1.807, 2.05) is 7.05 Å². The summed E-state index contributed by atoms with van der Waals surface area (Å²) >= 11 is 0. The SMILES string of the molecule is CN1CCN(S(=O)(=O)CCNC(=O)c2ccc3c(c2)OCO3)CC1. The lowest BCUT2D eigenvalue weighted by Crippen LogP contribution is -2.48. The van der Waals surface area contributed by atoms with Gasteiger partial charge in [-0.25, -0.2) is 8.42 Å². The Morgan fingerprint density at radius 2 is 1.88 bits per heavy atom. The second kappa shape index (κ2) is 6.96. The number of fused-ring (bicyclic) bond motifs is 1. The summed E-state index contributed by atoms with van der Waals surface area (Å²) in [5.41, 5.74) is 0.413. The molecule has 132 valence electrons. The van der Waals surface area contributed by atoms with Crippen LogP contribution in [-0.2, 0) is 10.0 Å². The third-order valence-corrected chi connectivity index (χ3v) is 6.01. The number of carbonyl (C=O) groups excluding carboxylic acids is 1. The van der Waals surface area contributed by atoms with Gasteiger partial charge in [-0.1, -0.05) is 0 Å². The fraction of sp³-hybridized carbons (Fsp3) is 0.533. The first-order chi connectivity index (χ1) is 11.5. The lowest BCUT2D eigenvalue weighted by atomic mass is 10.2. The maximum atomic E-state index is 12.3. The molecule has 1 aromatic rings. The van der Waals surface area contributed by atoms with Gasteiger partial charge in [-0.3, -0.25) is 4.79 Å². The van der Waals surface area contributed by atoms with Crippen LogP contribution in [-0.4, -0.2) is 75.8 Å². The number of rotatable bonds is 5. The van der Waals surface area contributed by atoms with Gasteiger partial charge in [-0.15, -0.1) is 0 Å². The number of piperazine rings is 1. The number of nitrogens with one attached hydrogen (secondary N) is 1. The van der Waals surface area contributed by atoms with Crippen molar-refractivity contribution in [2.24, 2.45) is 0 Å². The molecule has 1 N–H and O–H groups in total. The lowest BCUT2D eigenvalue weighted by molar-refractivity contribution is 0.0955. The highest BCUT2D eigenvalue weighted by atomic mass is 32.2. The molecule has 0 saturated carbocycles. The highest BCUT2D eigenvalue weighted by molar-refractivity contribution is 7.89. The van der Waals surface area contributed by atoms with Crippen molar-refractivity contribution < 1.29 is 22.7 Å². The second-order valence-corrected chi connectivity index (χ2v) is 7.93. The van der Waals surface area contributed by atoms with Crippen molar-refractivity contribution in [3.05, 3.63) is 23.8 Å². The van der Waals surface area contributed by atoms with Crippen LogP contribution in [0, 0.1) is 0 Å². The highest BCUT2D eigenvalue weighted by Crippen LogP contribution is 2.32. The Labute approximate surface area is 141 Å². The normalized spacial score (nSPS) is 18.5. The van der Waals surface area contributed by atoms with Crippen molar-refractivity contribution in [1.29, 1.82) is 0 Å². The van der Waals surface area contributed by atoms with Crippen LogP contribution in [0.4, 0.5) is 0 Å². The van der Waals surface area contributed by atoms with Crippen LogP contribution in [0.3, 0.4) is 0 Å². The average Bonchev–Trinajstić information content (AvgIpc) is 3.02. The molecule has 0 radical (unpaired) electrons. The van der Waals surface area contributed by atoms with Crippen LogP contribution in [0.5, 0.6) is 11.5 Å². The minimum Gasteiger partial charge on any atom is -0.454 e. The summed E-state index contributed by atoms with van der Waals surface area (Å²) in [6, 6.07) is 4.88. The number of hydrogen-bond acceptors (Lipinski definition) is 6. The van der Waals surface area contributed by atoms with Crippen LogP contribution in [0.25, 0.3) is 0 Å². The van der Waals surface area contributed by atoms with Crippen molar-refractivity contribution in [3.63, 3.8) is 0 Å². The number of likely N-dealkylation sites (N-methyl/N-ethyl adjacent to an activating group) is 1. The topological polar surface area (TPSA) is 88.2 Å². The van der Waals surface area contributed by atoms with Crippen molar-refractivity contribution >= 4 is 15.9 Å². The summed E-state index contributed by atoms with van der Waals surface area (Å²) in [4.78, 5) is 14.2. The van der Waals surface area contributed by atoms with Gasteiger partial charge in [0.2, 0.25) is 16.8 Å². The monoisotopic (exact) mass is 355 g/mol. The summed E-state index contributed by atoms with van der Waals surface area (Å²) < 4.78 is 36.5. The van der Waals surface area contributed by atoms with E-state index in [9.17, 15) is 13.2 Å². The molecule has 2 heterocycles. The first kappa shape index (κ1) is 17.0.